The van der Waals surface area contributed by atoms with Crippen LogP contribution in [0.15, 0.2) is 0 Å². The Morgan fingerprint density at radius 1 is 1.14 bits per heavy atom. The summed E-state index contributed by atoms with van der Waals surface area (Å²) in [7, 11) is 0. The lowest BCUT2D eigenvalue weighted by molar-refractivity contribution is -0.145. The Labute approximate surface area is 125 Å². The molecule has 120 valence electrons. The molecule has 2 amide bonds. The Morgan fingerprint density at radius 3 is 2.43 bits per heavy atom. The summed E-state index contributed by atoms with van der Waals surface area (Å²) in [5.74, 6) is -0.918. The molecule has 0 radical (unpaired) electrons. The van der Waals surface area contributed by atoms with Crippen molar-refractivity contribution < 1.29 is 19.4 Å². The van der Waals surface area contributed by atoms with Crippen LogP contribution in [0.5, 0.6) is 0 Å². The summed E-state index contributed by atoms with van der Waals surface area (Å²) < 4.78 is 5.49. The van der Waals surface area contributed by atoms with E-state index in [0.717, 1.165) is 51.6 Å². The van der Waals surface area contributed by atoms with Crippen LogP contribution < -0.4 is 10.6 Å². The molecule has 0 aromatic rings. The van der Waals surface area contributed by atoms with Gasteiger partial charge in [0, 0.05) is 13.2 Å². The maximum Gasteiger partial charge on any atom is 0.329 e. The van der Waals surface area contributed by atoms with Gasteiger partial charge in [-0.2, -0.15) is 0 Å². The van der Waals surface area contributed by atoms with Gasteiger partial charge in [0.15, 0.2) is 0 Å². The van der Waals surface area contributed by atoms with E-state index in [1.165, 1.54) is 0 Å². The van der Waals surface area contributed by atoms with E-state index in [1.54, 1.807) is 0 Å². The minimum absolute atomic E-state index is 0.233. The van der Waals surface area contributed by atoms with Gasteiger partial charge in [0.25, 0.3) is 0 Å². The van der Waals surface area contributed by atoms with Crippen LogP contribution in [0.4, 0.5) is 4.79 Å². The van der Waals surface area contributed by atoms with Crippen molar-refractivity contribution in [1.29, 1.82) is 0 Å². The molecule has 1 unspecified atom stereocenters. The van der Waals surface area contributed by atoms with Gasteiger partial charge in [0.2, 0.25) is 0 Å². The second-order valence-corrected chi connectivity index (χ2v) is 6.11. The molecule has 1 heterocycles. The number of carbonyl (C=O) groups excluding carboxylic acids is 1. The van der Waals surface area contributed by atoms with E-state index >= 15 is 0 Å². The molecule has 2 aliphatic rings. The number of carboxylic acids is 1. The van der Waals surface area contributed by atoms with Gasteiger partial charge >= 0.3 is 12.0 Å². The van der Waals surface area contributed by atoms with Crippen LogP contribution in [0.3, 0.4) is 0 Å². The number of hydrogen-bond acceptors (Lipinski definition) is 3. The number of carbonyl (C=O) groups is 2. The molecule has 21 heavy (non-hydrogen) atoms. The number of amides is 2. The molecule has 1 saturated carbocycles. The lowest BCUT2D eigenvalue weighted by atomic mass is 9.90. The summed E-state index contributed by atoms with van der Waals surface area (Å²) in [6.07, 6.45) is 7.95. The molecular formula is C15H26N2O4. The SMILES string of the molecule is O=C(NCCC1CCCO1)NC1(C(=O)O)CCCCCC1. The zero-order valence-corrected chi connectivity index (χ0v) is 12.5. The fourth-order valence-corrected chi connectivity index (χ4v) is 3.20. The molecule has 6 nitrogen and oxygen atoms in total. The van der Waals surface area contributed by atoms with Crippen LogP contribution in [0.2, 0.25) is 0 Å². The van der Waals surface area contributed by atoms with E-state index in [-0.39, 0.29) is 12.1 Å². The third-order valence-corrected chi connectivity index (χ3v) is 4.50. The second-order valence-electron chi connectivity index (χ2n) is 6.11. The first-order chi connectivity index (χ1) is 10.1. The van der Waals surface area contributed by atoms with E-state index in [4.69, 9.17) is 4.74 Å². The maximum absolute atomic E-state index is 12.0. The van der Waals surface area contributed by atoms with Crippen molar-refractivity contribution in [2.24, 2.45) is 0 Å². The molecule has 6 heteroatoms. The van der Waals surface area contributed by atoms with Gasteiger partial charge < -0.3 is 20.5 Å². The predicted octanol–water partition coefficient (Wildman–Crippen LogP) is 2.03. The Balaban J connectivity index is 1.78. The van der Waals surface area contributed by atoms with Crippen LogP contribution in [-0.2, 0) is 9.53 Å². The standard InChI is InChI=1S/C15H26N2O4/c18-13(19)15(8-3-1-2-4-9-15)17-14(20)16-10-7-12-6-5-11-21-12/h12H,1-11H2,(H,18,19)(H2,16,17,20). The zero-order chi connectivity index (χ0) is 15.1. The van der Waals surface area contributed by atoms with Crippen molar-refractivity contribution in [3.05, 3.63) is 0 Å². The summed E-state index contributed by atoms with van der Waals surface area (Å²) in [6.45, 7) is 1.32. The Hall–Kier alpha value is -1.30. The first kappa shape index (κ1) is 16.1. The van der Waals surface area contributed by atoms with E-state index < -0.39 is 11.5 Å². The van der Waals surface area contributed by atoms with Gasteiger partial charge in [-0.15, -0.1) is 0 Å². The predicted molar refractivity (Wildman–Crippen MR) is 78.2 cm³/mol. The second kappa shape index (κ2) is 7.64. The number of ether oxygens (including phenoxy) is 1. The Morgan fingerprint density at radius 2 is 1.86 bits per heavy atom. The zero-order valence-electron chi connectivity index (χ0n) is 12.5. The highest BCUT2D eigenvalue weighted by Crippen LogP contribution is 2.27. The summed E-state index contributed by atoms with van der Waals surface area (Å²) in [5, 5.41) is 15.0. The molecule has 1 aliphatic heterocycles. The van der Waals surface area contributed by atoms with E-state index in [0.29, 0.717) is 19.4 Å². The number of hydrogen-bond donors (Lipinski definition) is 3. The largest absolute Gasteiger partial charge is 0.480 e. The lowest BCUT2D eigenvalue weighted by Crippen LogP contribution is -2.57. The van der Waals surface area contributed by atoms with Gasteiger partial charge in [-0.3, -0.25) is 0 Å². The van der Waals surface area contributed by atoms with Crippen LogP contribution in [-0.4, -0.2) is 41.9 Å². The molecule has 1 aliphatic carbocycles. The number of urea groups is 1. The van der Waals surface area contributed by atoms with E-state index in [2.05, 4.69) is 10.6 Å². The van der Waals surface area contributed by atoms with Gasteiger partial charge in [0.05, 0.1) is 6.10 Å². The molecule has 0 spiro atoms. The summed E-state index contributed by atoms with van der Waals surface area (Å²) in [5.41, 5.74) is -1.09. The molecule has 2 fully saturated rings. The molecule has 1 atom stereocenters. The normalized spacial score (nSPS) is 25.0. The maximum atomic E-state index is 12.0. The van der Waals surface area contributed by atoms with E-state index in [1.807, 2.05) is 0 Å². The average Bonchev–Trinajstić information content (AvgIpc) is 2.84. The van der Waals surface area contributed by atoms with Crippen molar-refractivity contribution in [1.82, 2.24) is 10.6 Å². The first-order valence-corrected chi connectivity index (χ1v) is 8.03. The third kappa shape index (κ3) is 4.59. The molecule has 0 aromatic heterocycles. The highest BCUT2D eigenvalue weighted by atomic mass is 16.5. The number of carboxylic acid groups (broad SMARTS) is 1. The van der Waals surface area contributed by atoms with Crippen molar-refractivity contribution in [2.75, 3.05) is 13.2 Å². The lowest BCUT2D eigenvalue weighted by Gasteiger charge is -2.29. The average molecular weight is 298 g/mol. The highest BCUT2D eigenvalue weighted by Gasteiger charge is 2.40. The molecule has 3 N–H and O–H groups in total. The van der Waals surface area contributed by atoms with Gasteiger partial charge in [-0.25, -0.2) is 9.59 Å². The molecular weight excluding hydrogens is 272 g/mol. The molecule has 0 aromatic carbocycles. The van der Waals surface area contributed by atoms with Crippen molar-refractivity contribution >= 4 is 12.0 Å². The number of nitrogens with one attached hydrogen (secondary N) is 2. The summed E-state index contributed by atoms with van der Waals surface area (Å²) >= 11 is 0. The van der Waals surface area contributed by atoms with Gasteiger partial charge in [0.1, 0.15) is 5.54 Å². The van der Waals surface area contributed by atoms with Crippen LogP contribution in [0.1, 0.15) is 57.8 Å². The first-order valence-electron chi connectivity index (χ1n) is 8.03. The smallest absolute Gasteiger partial charge is 0.329 e. The van der Waals surface area contributed by atoms with Crippen molar-refractivity contribution in [3.63, 3.8) is 0 Å². The minimum atomic E-state index is -1.09. The van der Waals surface area contributed by atoms with Gasteiger partial charge in [-0.1, -0.05) is 25.7 Å². The quantitative estimate of drug-likeness (QED) is 0.678. The number of aliphatic carboxylic acids is 1. The summed E-state index contributed by atoms with van der Waals surface area (Å²) in [4.78, 5) is 23.6. The third-order valence-electron chi connectivity index (χ3n) is 4.50. The molecule has 0 bridgehead atoms. The number of rotatable bonds is 5. The van der Waals surface area contributed by atoms with Crippen molar-refractivity contribution in [2.45, 2.75) is 69.4 Å². The topological polar surface area (TPSA) is 87.7 Å². The van der Waals surface area contributed by atoms with Gasteiger partial charge in [-0.05, 0) is 32.1 Å². The molecule has 1 saturated heterocycles. The van der Waals surface area contributed by atoms with E-state index in [9.17, 15) is 14.7 Å². The van der Waals surface area contributed by atoms with Crippen LogP contribution >= 0.6 is 0 Å². The van der Waals surface area contributed by atoms with Crippen LogP contribution in [0.25, 0.3) is 0 Å². The molecule has 2 rings (SSSR count). The van der Waals surface area contributed by atoms with Crippen molar-refractivity contribution in [3.8, 4) is 0 Å². The fraction of sp³-hybridized carbons (Fsp3) is 0.867. The Kier molecular flexibility index (Phi) is 5.85. The minimum Gasteiger partial charge on any atom is -0.480 e. The fourth-order valence-electron chi connectivity index (χ4n) is 3.20. The van der Waals surface area contributed by atoms with Crippen LogP contribution in [0, 0.1) is 0 Å². The monoisotopic (exact) mass is 298 g/mol. The summed E-state index contributed by atoms with van der Waals surface area (Å²) in [6, 6.07) is -0.378. The Bertz CT molecular complexity index is 359. The highest BCUT2D eigenvalue weighted by molar-refractivity contribution is 5.86.